The predicted molar refractivity (Wildman–Crippen MR) is 93.8 cm³/mol. The van der Waals surface area contributed by atoms with Gasteiger partial charge < -0.3 is 5.32 Å². The Balaban J connectivity index is 1.77. The number of rotatable bonds is 7. The van der Waals surface area contributed by atoms with Crippen LogP contribution in [0.2, 0.25) is 0 Å². The molecule has 1 aromatic heterocycles. The third-order valence-electron chi connectivity index (χ3n) is 2.78. The Bertz CT molecular complexity index is 719. The molecule has 0 fully saturated rings. The van der Waals surface area contributed by atoms with Crippen LogP contribution in [0.3, 0.4) is 0 Å². The Morgan fingerprint density at radius 3 is 2.42 bits per heavy atom. The molecule has 0 bridgehead atoms. The second-order valence-corrected chi connectivity index (χ2v) is 5.67. The number of carbonyl (C=O) groups is 2. The van der Waals surface area contributed by atoms with Gasteiger partial charge in [-0.15, -0.1) is 0 Å². The first-order chi connectivity index (χ1) is 11.5. The van der Waals surface area contributed by atoms with Crippen LogP contribution in [0.15, 0.2) is 54.5 Å². The SMILES string of the molecule is C=C(NNC(=O)CSc1ncccn1)c1ccc(NC(C)=O)cc1. The van der Waals surface area contributed by atoms with Crippen molar-refractivity contribution in [1.82, 2.24) is 20.8 Å². The van der Waals surface area contributed by atoms with Gasteiger partial charge in [0.1, 0.15) is 0 Å². The topological polar surface area (TPSA) is 96.0 Å². The number of aromatic nitrogens is 2. The quantitative estimate of drug-likeness (QED) is 0.403. The number of carbonyl (C=O) groups excluding carboxylic acids is 2. The van der Waals surface area contributed by atoms with E-state index in [0.717, 1.165) is 5.56 Å². The molecule has 2 amide bonds. The molecular formula is C16H17N5O2S. The molecule has 0 aliphatic heterocycles. The molecule has 2 aromatic rings. The molecule has 0 atom stereocenters. The molecule has 0 saturated carbocycles. The van der Waals surface area contributed by atoms with Crippen molar-refractivity contribution >= 4 is 35.0 Å². The second-order valence-electron chi connectivity index (χ2n) is 4.73. The van der Waals surface area contributed by atoms with E-state index in [1.54, 1.807) is 42.7 Å². The summed E-state index contributed by atoms with van der Waals surface area (Å²) in [6.07, 6.45) is 3.25. The van der Waals surface area contributed by atoms with Gasteiger partial charge in [0.05, 0.1) is 11.4 Å². The number of hydrazine groups is 1. The Morgan fingerprint density at radius 2 is 1.79 bits per heavy atom. The van der Waals surface area contributed by atoms with Crippen molar-refractivity contribution in [2.75, 3.05) is 11.1 Å². The van der Waals surface area contributed by atoms with Gasteiger partial charge in [0.15, 0.2) is 5.16 Å². The van der Waals surface area contributed by atoms with Crippen LogP contribution in [0.1, 0.15) is 12.5 Å². The minimum atomic E-state index is -0.219. The molecule has 2 rings (SSSR count). The molecule has 3 N–H and O–H groups in total. The van der Waals surface area contributed by atoms with Crippen LogP contribution < -0.4 is 16.2 Å². The number of amides is 2. The molecule has 0 aliphatic rings. The van der Waals surface area contributed by atoms with Gasteiger partial charge in [0, 0.05) is 25.0 Å². The van der Waals surface area contributed by atoms with Gasteiger partial charge >= 0.3 is 0 Å². The Labute approximate surface area is 143 Å². The number of anilines is 1. The van der Waals surface area contributed by atoms with Gasteiger partial charge in [0.2, 0.25) is 11.8 Å². The van der Waals surface area contributed by atoms with E-state index in [9.17, 15) is 9.59 Å². The molecule has 0 unspecified atom stereocenters. The molecule has 24 heavy (non-hydrogen) atoms. The maximum Gasteiger partial charge on any atom is 0.248 e. The number of nitrogens with zero attached hydrogens (tertiary/aromatic N) is 2. The van der Waals surface area contributed by atoms with Crippen molar-refractivity contribution < 1.29 is 9.59 Å². The van der Waals surface area contributed by atoms with Gasteiger partial charge in [-0.05, 0) is 23.8 Å². The molecule has 0 spiro atoms. The Hall–Kier alpha value is -2.87. The summed E-state index contributed by atoms with van der Waals surface area (Å²) in [5.41, 5.74) is 7.36. The molecule has 0 saturated heterocycles. The van der Waals surface area contributed by atoms with Crippen molar-refractivity contribution in [2.24, 2.45) is 0 Å². The highest BCUT2D eigenvalue weighted by molar-refractivity contribution is 7.99. The first kappa shape index (κ1) is 17.5. The first-order valence-electron chi connectivity index (χ1n) is 7.06. The summed E-state index contributed by atoms with van der Waals surface area (Å²) in [5.74, 6) is -0.165. The lowest BCUT2D eigenvalue weighted by atomic mass is 10.1. The summed E-state index contributed by atoms with van der Waals surface area (Å²) in [4.78, 5) is 30.8. The van der Waals surface area contributed by atoms with E-state index in [1.165, 1.54) is 18.7 Å². The van der Waals surface area contributed by atoms with Gasteiger partial charge in [-0.3, -0.25) is 20.4 Å². The number of thioether (sulfide) groups is 1. The minimum absolute atomic E-state index is 0.133. The fourth-order valence-corrected chi connectivity index (χ4v) is 2.30. The monoisotopic (exact) mass is 343 g/mol. The van der Waals surface area contributed by atoms with Gasteiger partial charge in [0.25, 0.3) is 0 Å². The summed E-state index contributed by atoms with van der Waals surface area (Å²) in [6.45, 7) is 5.31. The molecule has 0 radical (unpaired) electrons. The highest BCUT2D eigenvalue weighted by Crippen LogP contribution is 2.14. The van der Waals surface area contributed by atoms with Crippen molar-refractivity contribution in [3.63, 3.8) is 0 Å². The molecular weight excluding hydrogens is 326 g/mol. The molecule has 7 nitrogen and oxygen atoms in total. The lowest BCUT2D eigenvalue weighted by molar-refractivity contribution is -0.119. The van der Waals surface area contributed by atoms with Crippen molar-refractivity contribution in [1.29, 1.82) is 0 Å². The zero-order valence-electron chi connectivity index (χ0n) is 13.1. The summed E-state index contributed by atoms with van der Waals surface area (Å²) in [7, 11) is 0. The van der Waals surface area contributed by atoms with Gasteiger partial charge in [-0.2, -0.15) is 0 Å². The van der Waals surface area contributed by atoms with E-state index < -0.39 is 0 Å². The molecule has 1 heterocycles. The lowest BCUT2D eigenvalue weighted by Crippen LogP contribution is -2.37. The van der Waals surface area contributed by atoms with Crippen LogP contribution in [0.25, 0.3) is 5.70 Å². The van der Waals surface area contributed by atoms with Crippen LogP contribution in [0.4, 0.5) is 5.69 Å². The van der Waals surface area contributed by atoms with E-state index >= 15 is 0 Å². The van der Waals surface area contributed by atoms with Crippen LogP contribution in [-0.2, 0) is 9.59 Å². The molecule has 8 heteroatoms. The molecule has 124 valence electrons. The van der Waals surface area contributed by atoms with Crippen molar-refractivity contribution in [3.8, 4) is 0 Å². The summed E-state index contributed by atoms with van der Waals surface area (Å²) in [5, 5.41) is 3.22. The van der Waals surface area contributed by atoms with E-state index in [0.29, 0.717) is 16.5 Å². The molecule has 1 aromatic carbocycles. The lowest BCUT2D eigenvalue weighted by Gasteiger charge is -2.11. The normalized spacial score (nSPS) is 9.88. The van der Waals surface area contributed by atoms with E-state index in [-0.39, 0.29) is 17.6 Å². The summed E-state index contributed by atoms with van der Waals surface area (Å²) >= 11 is 1.24. The fraction of sp³-hybridized carbons (Fsp3) is 0.125. The van der Waals surface area contributed by atoms with Gasteiger partial charge in [-0.25, -0.2) is 9.97 Å². The maximum absolute atomic E-state index is 11.8. The largest absolute Gasteiger partial charge is 0.326 e. The number of hydrogen-bond donors (Lipinski definition) is 3. The van der Waals surface area contributed by atoms with E-state index in [2.05, 4.69) is 32.7 Å². The van der Waals surface area contributed by atoms with Gasteiger partial charge in [-0.1, -0.05) is 30.5 Å². The maximum atomic E-state index is 11.8. The van der Waals surface area contributed by atoms with Crippen LogP contribution in [0.5, 0.6) is 0 Å². The summed E-state index contributed by atoms with van der Waals surface area (Å²) < 4.78 is 0. The number of benzene rings is 1. The Morgan fingerprint density at radius 1 is 1.12 bits per heavy atom. The highest BCUT2D eigenvalue weighted by Gasteiger charge is 2.05. The van der Waals surface area contributed by atoms with Crippen LogP contribution in [-0.4, -0.2) is 27.5 Å². The zero-order valence-corrected chi connectivity index (χ0v) is 13.9. The number of nitrogens with one attached hydrogen (secondary N) is 3. The van der Waals surface area contributed by atoms with Crippen LogP contribution in [0, 0.1) is 0 Å². The third-order valence-corrected chi connectivity index (χ3v) is 3.66. The van der Waals surface area contributed by atoms with Crippen molar-refractivity contribution in [2.45, 2.75) is 12.1 Å². The highest BCUT2D eigenvalue weighted by atomic mass is 32.2. The van der Waals surface area contributed by atoms with E-state index in [4.69, 9.17) is 0 Å². The smallest absolute Gasteiger partial charge is 0.248 e. The fourth-order valence-electron chi connectivity index (χ4n) is 1.70. The van der Waals surface area contributed by atoms with Crippen molar-refractivity contribution in [3.05, 3.63) is 54.9 Å². The minimum Gasteiger partial charge on any atom is -0.326 e. The first-order valence-corrected chi connectivity index (χ1v) is 8.05. The third kappa shape index (κ3) is 5.73. The standard InChI is InChI=1S/C16H17N5O2S/c1-11(13-4-6-14(7-5-13)19-12(2)22)20-21-15(23)10-24-16-17-8-3-9-18-16/h3-9,20H,1,10H2,2H3,(H,19,22)(H,21,23). The van der Waals surface area contributed by atoms with E-state index in [1.807, 2.05) is 0 Å². The molecule has 0 aliphatic carbocycles. The Kier molecular flexibility index (Phi) is 6.32. The predicted octanol–water partition coefficient (Wildman–Crippen LogP) is 1.82. The average Bonchev–Trinajstić information content (AvgIpc) is 2.59. The second kappa shape index (κ2) is 8.68. The summed E-state index contributed by atoms with van der Waals surface area (Å²) in [6, 6.07) is 8.81. The average molecular weight is 343 g/mol. The van der Waals surface area contributed by atoms with Crippen LogP contribution >= 0.6 is 11.8 Å². The zero-order chi connectivity index (χ0) is 17.4. The number of hydrogen-bond acceptors (Lipinski definition) is 6.